The molecule has 0 aliphatic carbocycles. The van der Waals surface area contributed by atoms with E-state index in [-0.39, 0.29) is 4.90 Å². The lowest BCUT2D eigenvalue weighted by atomic mass is 10.1. The Morgan fingerprint density at radius 1 is 1.33 bits per heavy atom. The van der Waals surface area contributed by atoms with Crippen LogP contribution in [0.4, 0.5) is 0 Å². The van der Waals surface area contributed by atoms with Gasteiger partial charge < -0.3 is 0 Å². The number of unbranched alkanes of at least 4 members (excludes halogenated alkanes) is 2. The van der Waals surface area contributed by atoms with Gasteiger partial charge in [0.1, 0.15) is 0 Å². The lowest BCUT2D eigenvalue weighted by Crippen LogP contribution is -2.02. The molecule has 3 nitrogen and oxygen atoms in total. The van der Waals surface area contributed by atoms with E-state index in [2.05, 4.69) is 6.92 Å². The predicted octanol–water partition coefficient (Wildman–Crippen LogP) is 2.68. The van der Waals surface area contributed by atoms with Crippen molar-refractivity contribution in [2.45, 2.75) is 31.1 Å². The van der Waals surface area contributed by atoms with E-state index in [1.54, 1.807) is 18.2 Å². The maximum Gasteiger partial charge on any atom is 0.294 e. The van der Waals surface area contributed by atoms with Crippen LogP contribution in [0.2, 0.25) is 0 Å². The number of hydrogen-bond acceptors (Lipinski definition) is 2. The summed E-state index contributed by atoms with van der Waals surface area (Å²) < 4.78 is 31.0. The standard InChI is InChI=1S/C11H15O3S/c1-2-3-4-7-10-8-5-6-9-11(10)15(12,13)14/h5-9H,2-4H2,1H3,(H,12,13,14). The first-order valence-corrected chi connectivity index (χ1v) is 6.39. The molecule has 83 valence electrons. The van der Waals surface area contributed by atoms with Gasteiger partial charge in [-0.15, -0.1) is 0 Å². The van der Waals surface area contributed by atoms with Gasteiger partial charge in [0.05, 0.1) is 4.90 Å². The van der Waals surface area contributed by atoms with Crippen molar-refractivity contribution in [3.05, 3.63) is 36.2 Å². The van der Waals surface area contributed by atoms with Crippen molar-refractivity contribution in [2.75, 3.05) is 0 Å². The van der Waals surface area contributed by atoms with Gasteiger partial charge in [-0.05, 0) is 24.5 Å². The molecule has 0 aliphatic rings. The molecule has 0 saturated heterocycles. The molecular formula is C11H15O3S. The summed E-state index contributed by atoms with van der Waals surface area (Å²) in [4.78, 5) is -0.0129. The topological polar surface area (TPSA) is 54.4 Å². The third-order valence-corrected chi connectivity index (χ3v) is 3.05. The van der Waals surface area contributed by atoms with Crippen LogP contribution in [-0.2, 0) is 10.1 Å². The van der Waals surface area contributed by atoms with Crippen LogP contribution in [-0.4, -0.2) is 13.0 Å². The second-order valence-electron chi connectivity index (χ2n) is 3.36. The van der Waals surface area contributed by atoms with Gasteiger partial charge in [0.2, 0.25) is 0 Å². The van der Waals surface area contributed by atoms with Crippen LogP contribution in [0.25, 0.3) is 0 Å². The van der Waals surface area contributed by atoms with Crippen LogP contribution in [0.3, 0.4) is 0 Å². The lowest BCUT2D eigenvalue weighted by molar-refractivity contribution is 0.482. The Morgan fingerprint density at radius 3 is 2.60 bits per heavy atom. The molecule has 0 fully saturated rings. The summed E-state index contributed by atoms with van der Waals surface area (Å²) in [5.74, 6) is 0. The third-order valence-electron chi connectivity index (χ3n) is 2.12. The normalized spacial score (nSPS) is 11.6. The van der Waals surface area contributed by atoms with E-state index in [0.717, 1.165) is 19.3 Å². The Labute approximate surface area is 90.9 Å². The highest BCUT2D eigenvalue weighted by molar-refractivity contribution is 7.85. The Morgan fingerprint density at radius 2 is 2.00 bits per heavy atom. The fourth-order valence-electron chi connectivity index (χ4n) is 1.35. The van der Waals surface area contributed by atoms with Crippen LogP contribution in [0, 0.1) is 6.42 Å². The van der Waals surface area contributed by atoms with Crippen LogP contribution in [0.5, 0.6) is 0 Å². The molecule has 4 heteroatoms. The van der Waals surface area contributed by atoms with Gasteiger partial charge in [-0.25, -0.2) is 0 Å². The molecule has 0 aliphatic heterocycles. The molecule has 0 unspecified atom stereocenters. The van der Waals surface area contributed by atoms with Crippen LogP contribution in [0.1, 0.15) is 31.7 Å². The first-order chi connectivity index (χ1) is 7.05. The molecule has 0 bridgehead atoms. The zero-order valence-electron chi connectivity index (χ0n) is 8.68. The Kier molecular flexibility index (Phi) is 4.29. The van der Waals surface area contributed by atoms with Crippen molar-refractivity contribution in [3.63, 3.8) is 0 Å². The molecule has 0 saturated carbocycles. The Bertz CT molecular complexity index is 410. The second-order valence-corrected chi connectivity index (χ2v) is 4.75. The quantitative estimate of drug-likeness (QED) is 0.621. The van der Waals surface area contributed by atoms with Crippen LogP contribution in [0.15, 0.2) is 29.2 Å². The summed E-state index contributed by atoms with van der Waals surface area (Å²) >= 11 is 0. The number of hydrogen-bond donors (Lipinski definition) is 1. The van der Waals surface area contributed by atoms with Gasteiger partial charge in [-0.1, -0.05) is 38.0 Å². The lowest BCUT2D eigenvalue weighted by Gasteiger charge is -2.05. The molecule has 0 atom stereocenters. The van der Waals surface area contributed by atoms with Gasteiger partial charge in [0.25, 0.3) is 10.1 Å². The van der Waals surface area contributed by atoms with Crippen molar-refractivity contribution >= 4 is 10.1 Å². The maximum atomic E-state index is 11.0. The van der Waals surface area contributed by atoms with Gasteiger partial charge in [0.15, 0.2) is 0 Å². The molecule has 1 N–H and O–H groups in total. The fourth-order valence-corrected chi connectivity index (χ4v) is 2.05. The van der Waals surface area contributed by atoms with Gasteiger partial charge in [0, 0.05) is 0 Å². The third kappa shape index (κ3) is 3.64. The zero-order chi connectivity index (χ0) is 11.3. The molecular weight excluding hydrogens is 212 g/mol. The Hall–Kier alpha value is -0.870. The van der Waals surface area contributed by atoms with Gasteiger partial charge >= 0.3 is 0 Å². The Balaban J connectivity index is 2.88. The molecule has 1 aromatic carbocycles. The highest BCUT2D eigenvalue weighted by atomic mass is 32.2. The smallest absolute Gasteiger partial charge is 0.282 e. The van der Waals surface area contributed by atoms with Crippen molar-refractivity contribution in [3.8, 4) is 0 Å². The first-order valence-electron chi connectivity index (χ1n) is 4.95. The van der Waals surface area contributed by atoms with E-state index in [1.807, 2.05) is 6.42 Å². The summed E-state index contributed by atoms with van der Waals surface area (Å²) in [6, 6.07) is 6.46. The van der Waals surface area contributed by atoms with E-state index in [0.29, 0.717) is 5.56 Å². The zero-order valence-corrected chi connectivity index (χ0v) is 9.50. The minimum absolute atomic E-state index is 0.0129. The van der Waals surface area contributed by atoms with Crippen LogP contribution >= 0.6 is 0 Å². The van der Waals surface area contributed by atoms with Gasteiger partial charge in [-0.2, -0.15) is 8.42 Å². The van der Waals surface area contributed by atoms with E-state index >= 15 is 0 Å². The average Bonchev–Trinajstić information content (AvgIpc) is 2.17. The van der Waals surface area contributed by atoms with Crippen molar-refractivity contribution in [1.82, 2.24) is 0 Å². The highest BCUT2D eigenvalue weighted by Crippen LogP contribution is 2.18. The fraction of sp³-hybridized carbons (Fsp3) is 0.364. The minimum Gasteiger partial charge on any atom is -0.282 e. The number of rotatable bonds is 5. The molecule has 1 aromatic rings. The summed E-state index contributed by atoms with van der Waals surface area (Å²) in [5.41, 5.74) is 0.577. The van der Waals surface area contributed by atoms with Crippen molar-refractivity contribution in [2.24, 2.45) is 0 Å². The van der Waals surface area contributed by atoms with Crippen LogP contribution < -0.4 is 0 Å². The summed E-state index contributed by atoms with van der Waals surface area (Å²) in [6.45, 7) is 2.07. The molecule has 15 heavy (non-hydrogen) atoms. The van der Waals surface area contributed by atoms with E-state index in [9.17, 15) is 8.42 Å². The van der Waals surface area contributed by atoms with Crippen molar-refractivity contribution in [1.29, 1.82) is 0 Å². The first kappa shape index (κ1) is 12.2. The molecule has 1 rings (SSSR count). The summed E-state index contributed by atoms with van der Waals surface area (Å²) in [5, 5.41) is 0. The molecule has 1 radical (unpaired) electrons. The average molecular weight is 227 g/mol. The second kappa shape index (κ2) is 5.28. The largest absolute Gasteiger partial charge is 0.294 e. The molecule has 0 spiro atoms. The highest BCUT2D eigenvalue weighted by Gasteiger charge is 2.13. The van der Waals surface area contributed by atoms with E-state index < -0.39 is 10.1 Å². The molecule has 0 aromatic heterocycles. The monoisotopic (exact) mass is 227 g/mol. The number of benzene rings is 1. The van der Waals surface area contributed by atoms with Gasteiger partial charge in [-0.3, -0.25) is 4.55 Å². The summed E-state index contributed by atoms with van der Waals surface area (Å²) in [7, 11) is -4.10. The molecule has 0 heterocycles. The van der Waals surface area contributed by atoms with Crippen molar-refractivity contribution < 1.29 is 13.0 Å². The predicted molar refractivity (Wildman–Crippen MR) is 59.2 cm³/mol. The summed E-state index contributed by atoms with van der Waals surface area (Å²) in [6.07, 6.45) is 4.74. The maximum absolute atomic E-state index is 11.0. The van der Waals surface area contributed by atoms with E-state index in [4.69, 9.17) is 4.55 Å². The van der Waals surface area contributed by atoms with E-state index in [1.165, 1.54) is 6.07 Å². The minimum atomic E-state index is -4.10. The SMILES string of the molecule is CCCC[CH]c1ccccc1S(=O)(=O)O. The molecule has 0 amide bonds.